The van der Waals surface area contributed by atoms with E-state index >= 15 is 0 Å². The first-order chi connectivity index (χ1) is 13.1. The number of nitrogens with zero attached hydrogens (tertiary/aromatic N) is 1. The molecular formula is C22H23NO4. The van der Waals surface area contributed by atoms with Crippen LogP contribution in [0.25, 0.3) is 21.5 Å². The molecule has 3 aromatic rings. The average Bonchev–Trinajstić information content (AvgIpc) is 2.68. The number of piperidine rings is 1. The fourth-order valence-corrected chi connectivity index (χ4v) is 4.93. The summed E-state index contributed by atoms with van der Waals surface area (Å²) >= 11 is 0. The van der Waals surface area contributed by atoms with Crippen LogP contribution in [0.4, 0.5) is 0 Å². The predicted molar refractivity (Wildman–Crippen MR) is 105 cm³/mol. The van der Waals surface area contributed by atoms with Crippen molar-refractivity contribution in [2.45, 2.75) is 38.3 Å². The molecule has 0 spiro atoms. The van der Waals surface area contributed by atoms with Gasteiger partial charge in [-0.1, -0.05) is 6.42 Å². The van der Waals surface area contributed by atoms with Gasteiger partial charge >= 0.3 is 0 Å². The summed E-state index contributed by atoms with van der Waals surface area (Å²) in [6, 6.07) is 7.41. The highest BCUT2D eigenvalue weighted by Crippen LogP contribution is 2.45. The molecule has 5 rings (SSSR count). The molecule has 0 saturated carbocycles. The zero-order chi connectivity index (χ0) is 18.7. The molecule has 1 atom stereocenters. The third kappa shape index (κ3) is 2.42. The number of benzene rings is 3. The van der Waals surface area contributed by atoms with Gasteiger partial charge in [0.2, 0.25) is 0 Å². The van der Waals surface area contributed by atoms with Gasteiger partial charge in [0.1, 0.15) is 0 Å². The lowest BCUT2D eigenvalue weighted by atomic mass is 9.82. The van der Waals surface area contributed by atoms with E-state index in [4.69, 9.17) is 4.74 Å². The van der Waals surface area contributed by atoms with E-state index < -0.39 is 0 Å². The maximum absolute atomic E-state index is 10.3. The first-order valence-corrected chi connectivity index (χ1v) is 9.51. The summed E-state index contributed by atoms with van der Waals surface area (Å²) in [4.78, 5) is 2.55. The number of rotatable bonds is 1. The molecule has 0 bridgehead atoms. The highest BCUT2D eigenvalue weighted by atomic mass is 16.5. The molecule has 5 heteroatoms. The van der Waals surface area contributed by atoms with Crippen molar-refractivity contribution in [1.82, 2.24) is 4.90 Å². The van der Waals surface area contributed by atoms with Gasteiger partial charge in [0.25, 0.3) is 0 Å². The highest BCUT2D eigenvalue weighted by molar-refractivity contribution is 6.12. The van der Waals surface area contributed by atoms with Gasteiger partial charge in [0, 0.05) is 12.6 Å². The van der Waals surface area contributed by atoms with Gasteiger partial charge in [-0.2, -0.15) is 0 Å². The van der Waals surface area contributed by atoms with Crippen LogP contribution in [0.1, 0.15) is 30.4 Å². The van der Waals surface area contributed by atoms with Gasteiger partial charge in [0.15, 0.2) is 23.0 Å². The number of phenolic OH excluding ortho intramolecular Hbond substituents is 3. The molecule has 1 unspecified atom stereocenters. The summed E-state index contributed by atoms with van der Waals surface area (Å²) < 4.78 is 5.35. The Morgan fingerprint density at radius 2 is 1.52 bits per heavy atom. The number of methoxy groups -OCH3 is 1. The second-order valence-electron chi connectivity index (χ2n) is 7.74. The minimum atomic E-state index is -0.144. The van der Waals surface area contributed by atoms with Crippen molar-refractivity contribution in [1.29, 1.82) is 0 Å². The zero-order valence-corrected chi connectivity index (χ0v) is 15.3. The van der Waals surface area contributed by atoms with E-state index in [2.05, 4.69) is 4.90 Å². The van der Waals surface area contributed by atoms with Crippen LogP contribution >= 0.6 is 0 Å². The van der Waals surface area contributed by atoms with Crippen LogP contribution in [-0.4, -0.2) is 39.9 Å². The normalized spacial score (nSPS) is 19.8. The smallest absolute Gasteiger partial charge is 0.161 e. The minimum absolute atomic E-state index is 0.0745. The van der Waals surface area contributed by atoms with Crippen molar-refractivity contribution < 1.29 is 20.1 Å². The standard InChI is InChI=1S/C22H23NO4/c1-27-22-10-17-16(9-21(22)26)15-8-20(25)19(24)7-14(15)13-6-12-4-2-3-5-23(12)11-18(13)17/h7-10,12,24-26H,2-6,11H2,1H3. The molecule has 2 aliphatic heterocycles. The van der Waals surface area contributed by atoms with Crippen LogP contribution in [0.15, 0.2) is 24.3 Å². The second-order valence-corrected chi connectivity index (χ2v) is 7.74. The lowest BCUT2D eigenvalue weighted by molar-refractivity contribution is 0.128. The topological polar surface area (TPSA) is 73.2 Å². The molecule has 5 nitrogen and oxygen atoms in total. The van der Waals surface area contributed by atoms with Crippen LogP contribution < -0.4 is 4.74 Å². The van der Waals surface area contributed by atoms with Gasteiger partial charge < -0.3 is 20.1 Å². The molecule has 2 aliphatic rings. The zero-order valence-electron chi connectivity index (χ0n) is 15.3. The third-order valence-corrected chi connectivity index (χ3v) is 6.29. The fraction of sp³-hybridized carbons (Fsp3) is 0.364. The fourth-order valence-electron chi connectivity index (χ4n) is 4.93. The average molecular weight is 365 g/mol. The van der Waals surface area contributed by atoms with E-state index in [1.54, 1.807) is 25.3 Å². The van der Waals surface area contributed by atoms with E-state index in [0.29, 0.717) is 11.8 Å². The van der Waals surface area contributed by atoms with Crippen LogP contribution in [0.3, 0.4) is 0 Å². The summed E-state index contributed by atoms with van der Waals surface area (Å²) in [5, 5.41) is 34.3. The number of hydrogen-bond donors (Lipinski definition) is 3. The SMILES string of the molecule is COc1cc2c3c(c4cc(O)c(O)cc4c2cc1O)CC1CCCCN1C3. The van der Waals surface area contributed by atoms with Crippen molar-refractivity contribution in [3.05, 3.63) is 35.4 Å². The van der Waals surface area contributed by atoms with Gasteiger partial charge in [-0.25, -0.2) is 0 Å². The number of phenols is 3. The Balaban J connectivity index is 1.88. The Labute approximate surface area is 157 Å². The van der Waals surface area contributed by atoms with Crippen molar-refractivity contribution in [3.8, 4) is 23.0 Å². The van der Waals surface area contributed by atoms with Gasteiger partial charge in [0.05, 0.1) is 7.11 Å². The maximum Gasteiger partial charge on any atom is 0.161 e. The van der Waals surface area contributed by atoms with Gasteiger partial charge in [-0.05, 0) is 82.7 Å². The van der Waals surface area contributed by atoms with Crippen LogP contribution in [0, 0.1) is 0 Å². The van der Waals surface area contributed by atoms with E-state index in [-0.39, 0.29) is 17.2 Å². The lowest BCUT2D eigenvalue weighted by Crippen LogP contribution is -2.43. The molecule has 1 saturated heterocycles. The summed E-state index contributed by atoms with van der Waals surface area (Å²) in [5.41, 5.74) is 2.47. The largest absolute Gasteiger partial charge is 0.504 e. The molecule has 27 heavy (non-hydrogen) atoms. The summed E-state index contributed by atoms with van der Waals surface area (Å²) in [6.07, 6.45) is 4.63. The van der Waals surface area contributed by atoms with Crippen molar-refractivity contribution in [2.24, 2.45) is 0 Å². The molecule has 0 amide bonds. The Morgan fingerprint density at radius 1 is 0.852 bits per heavy atom. The van der Waals surface area contributed by atoms with Gasteiger partial charge in [-0.15, -0.1) is 0 Å². The van der Waals surface area contributed by atoms with Crippen LogP contribution in [0.2, 0.25) is 0 Å². The summed E-state index contributed by atoms with van der Waals surface area (Å²) in [7, 11) is 1.55. The Hall–Kier alpha value is -2.66. The number of ether oxygens (including phenoxy) is 1. The third-order valence-electron chi connectivity index (χ3n) is 6.29. The number of hydrogen-bond acceptors (Lipinski definition) is 5. The lowest BCUT2D eigenvalue weighted by Gasteiger charge is -2.41. The predicted octanol–water partition coefficient (Wildman–Crippen LogP) is 4.03. The minimum Gasteiger partial charge on any atom is -0.504 e. The first kappa shape index (κ1) is 16.5. The molecule has 3 aromatic carbocycles. The molecule has 3 N–H and O–H groups in total. The molecule has 2 heterocycles. The summed E-state index contributed by atoms with van der Waals surface area (Å²) in [6.45, 7) is 1.97. The van der Waals surface area contributed by atoms with Crippen molar-refractivity contribution in [2.75, 3.05) is 13.7 Å². The quantitative estimate of drug-likeness (QED) is 0.449. The van der Waals surface area contributed by atoms with Gasteiger partial charge in [-0.3, -0.25) is 4.90 Å². The first-order valence-electron chi connectivity index (χ1n) is 9.51. The molecule has 1 fully saturated rings. The van der Waals surface area contributed by atoms with Crippen molar-refractivity contribution in [3.63, 3.8) is 0 Å². The van der Waals surface area contributed by atoms with E-state index in [9.17, 15) is 15.3 Å². The van der Waals surface area contributed by atoms with E-state index in [1.807, 2.05) is 6.07 Å². The second kappa shape index (κ2) is 5.92. The Morgan fingerprint density at radius 3 is 2.26 bits per heavy atom. The van der Waals surface area contributed by atoms with E-state index in [0.717, 1.165) is 41.1 Å². The maximum atomic E-state index is 10.3. The van der Waals surface area contributed by atoms with E-state index in [1.165, 1.54) is 30.4 Å². The molecule has 0 aliphatic carbocycles. The molecule has 0 aromatic heterocycles. The number of aromatic hydroxyl groups is 3. The Bertz CT molecular complexity index is 1080. The van der Waals surface area contributed by atoms with Crippen molar-refractivity contribution >= 4 is 21.5 Å². The van der Waals surface area contributed by atoms with Crippen LogP contribution in [-0.2, 0) is 13.0 Å². The highest BCUT2D eigenvalue weighted by Gasteiger charge is 2.31. The van der Waals surface area contributed by atoms with Crippen LogP contribution in [0.5, 0.6) is 23.0 Å². The number of fused-ring (bicyclic) bond motifs is 7. The summed E-state index contributed by atoms with van der Waals surface area (Å²) in [5.74, 6) is 0.278. The monoisotopic (exact) mass is 365 g/mol. The molecule has 0 radical (unpaired) electrons. The Kier molecular flexibility index (Phi) is 3.62. The molecule has 140 valence electrons. The molecular weight excluding hydrogens is 342 g/mol.